The fourth-order valence-electron chi connectivity index (χ4n) is 1.83. The molecule has 0 unspecified atom stereocenters. The van der Waals surface area contributed by atoms with Crippen LogP contribution >= 0.6 is 27.5 Å². The molecule has 2 aromatic rings. The van der Waals surface area contributed by atoms with E-state index in [0.29, 0.717) is 21.8 Å². The molecule has 0 atom stereocenters. The highest BCUT2D eigenvalue weighted by molar-refractivity contribution is 9.10. The van der Waals surface area contributed by atoms with Gasteiger partial charge < -0.3 is 14.8 Å². The third kappa shape index (κ3) is 4.64. The molecule has 0 bridgehead atoms. The Morgan fingerprint density at radius 3 is 2.73 bits per heavy atom. The maximum Gasteiger partial charge on any atom is 0.258 e. The first-order valence-corrected chi connectivity index (χ1v) is 7.73. The van der Waals surface area contributed by atoms with Crippen molar-refractivity contribution in [1.82, 2.24) is 5.32 Å². The average Bonchev–Trinajstić information content (AvgIpc) is 2.52. The minimum atomic E-state index is -0.215. The topological polar surface area (TPSA) is 47.6 Å². The van der Waals surface area contributed by atoms with Gasteiger partial charge in [0.1, 0.15) is 11.5 Å². The van der Waals surface area contributed by atoms with Crippen molar-refractivity contribution in [2.24, 2.45) is 0 Å². The summed E-state index contributed by atoms with van der Waals surface area (Å²) in [6, 6.07) is 12.6. The lowest BCUT2D eigenvalue weighted by atomic mass is 10.2. The molecular formula is C16H15BrClNO3. The number of carbonyl (C=O) groups is 1. The molecule has 22 heavy (non-hydrogen) atoms. The minimum Gasteiger partial charge on any atom is -0.496 e. The number of halogens is 2. The van der Waals surface area contributed by atoms with E-state index in [4.69, 9.17) is 21.1 Å². The number of rotatable bonds is 6. The Balaban J connectivity index is 1.85. The van der Waals surface area contributed by atoms with Gasteiger partial charge in [0.05, 0.1) is 11.6 Å². The summed E-state index contributed by atoms with van der Waals surface area (Å²) in [5.41, 5.74) is 0.908. The molecule has 0 aliphatic heterocycles. The van der Waals surface area contributed by atoms with Crippen LogP contribution in [0.3, 0.4) is 0 Å². The number of hydrogen-bond acceptors (Lipinski definition) is 3. The van der Waals surface area contributed by atoms with Crippen LogP contribution in [-0.4, -0.2) is 19.6 Å². The maximum atomic E-state index is 11.8. The summed E-state index contributed by atoms with van der Waals surface area (Å²) in [6.07, 6.45) is 0. The molecule has 0 aromatic heterocycles. The molecule has 1 N–H and O–H groups in total. The number of hydrogen-bond donors (Lipinski definition) is 1. The molecule has 116 valence electrons. The Hall–Kier alpha value is -1.72. The van der Waals surface area contributed by atoms with Crippen LogP contribution in [0.4, 0.5) is 0 Å². The van der Waals surface area contributed by atoms with Crippen LogP contribution in [0.2, 0.25) is 5.02 Å². The van der Waals surface area contributed by atoms with E-state index >= 15 is 0 Å². The van der Waals surface area contributed by atoms with Crippen LogP contribution < -0.4 is 14.8 Å². The van der Waals surface area contributed by atoms with E-state index in [1.165, 1.54) is 0 Å². The molecule has 0 fully saturated rings. The van der Waals surface area contributed by atoms with Gasteiger partial charge in [0.15, 0.2) is 6.61 Å². The molecule has 2 aromatic carbocycles. The zero-order valence-corrected chi connectivity index (χ0v) is 14.3. The smallest absolute Gasteiger partial charge is 0.258 e. The summed E-state index contributed by atoms with van der Waals surface area (Å²) in [6.45, 7) is 0.309. The van der Waals surface area contributed by atoms with Gasteiger partial charge >= 0.3 is 0 Å². The van der Waals surface area contributed by atoms with Gasteiger partial charge in [-0.2, -0.15) is 0 Å². The second kappa shape index (κ2) is 8.06. The summed E-state index contributed by atoms with van der Waals surface area (Å²) in [7, 11) is 1.60. The fraction of sp³-hybridized carbons (Fsp3) is 0.188. The third-order valence-electron chi connectivity index (χ3n) is 2.92. The second-order valence-corrected chi connectivity index (χ2v) is 5.74. The number of nitrogens with one attached hydrogen (secondary N) is 1. The normalized spacial score (nSPS) is 10.1. The fourth-order valence-corrected chi connectivity index (χ4v) is 2.63. The molecular weight excluding hydrogens is 370 g/mol. The van der Waals surface area contributed by atoms with Gasteiger partial charge in [-0.15, -0.1) is 0 Å². The van der Waals surface area contributed by atoms with Crippen LogP contribution in [0.25, 0.3) is 0 Å². The van der Waals surface area contributed by atoms with Crippen LogP contribution in [0, 0.1) is 0 Å². The van der Waals surface area contributed by atoms with Crippen molar-refractivity contribution in [3.05, 3.63) is 57.5 Å². The Morgan fingerprint density at radius 2 is 2.00 bits per heavy atom. The maximum absolute atomic E-state index is 11.8. The predicted octanol–water partition coefficient (Wildman–Crippen LogP) is 3.81. The van der Waals surface area contributed by atoms with Crippen molar-refractivity contribution in [3.63, 3.8) is 0 Å². The molecule has 0 saturated carbocycles. The van der Waals surface area contributed by atoms with Crippen molar-refractivity contribution in [2.45, 2.75) is 6.54 Å². The van der Waals surface area contributed by atoms with Gasteiger partial charge in [0.2, 0.25) is 0 Å². The second-order valence-electron chi connectivity index (χ2n) is 4.45. The summed E-state index contributed by atoms with van der Waals surface area (Å²) >= 11 is 9.18. The molecule has 4 nitrogen and oxygen atoms in total. The van der Waals surface area contributed by atoms with Crippen LogP contribution in [0.15, 0.2) is 46.9 Å². The van der Waals surface area contributed by atoms with Crippen LogP contribution in [0.5, 0.6) is 11.5 Å². The van der Waals surface area contributed by atoms with Gasteiger partial charge in [-0.1, -0.05) is 29.8 Å². The molecule has 0 radical (unpaired) electrons. The highest BCUT2D eigenvalue weighted by Crippen LogP contribution is 2.27. The average molecular weight is 385 g/mol. The molecule has 0 spiro atoms. The van der Waals surface area contributed by atoms with E-state index in [-0.39, 0.29) is 12.5 Å². The lowest BCUT2D eigenvalue weighted by Crippen LogP contribution is -2.28. The first kappa shape index (κ1) is 16.6. The third-order valence-corrected chi connectivity index (χ3v) is 3.78. The summed E-state index contributed by atoms with van der Waals surface area (Å²) in [4.78, 5) is 11.8. The number of benzene rings is 2. The van der Waals surface area contributed by atoms with E-state index in [9.17, 15) is 4.79 Å². The molecule has 0 aliphatic carbocycles. The Labute approximate surface area is 142 Å². The number of amides is 1. The lowest BCUT2D eigenvalue weighted by molar-refractivity contribution is -0.123. The Kier molecular flexibility index (Phi) is 6.10. The van der Waals surface area contributed by atoms with Crippen molar-refractivity contribution in [2.75, 3.05) is 13.7 Å². The monoisotopic (exact) mass is 383 g/mol. The Bertz CT molecular complexity index is 664. The van der Waals surface area contributed by atoms with Crippen molar-refractivity contribution >= 4 is 33.4 Å². The Morgan fingerprint density at radius 1 is 1.23 bits per heavy atom. The number of para-hydroxylation sites is 1. The van der Waals surface area contributed by atoms with Crippen molar-refractivity contribution in [3.8, 4) is 11.5 Å². The van der Waals surface area contributed by atoms with Gasteiger partial charge in [-0.3, -0.25) is 4.79 Å². The summed E-state index contributed by atoms with van der Waals surface area (Å²) < 4.78 is 11.4. The molecule has 0 heterocycles. The molecule has 6 heteroatoms. The number of methoxy groups -OCH3 is 1. The lowest BCUT2D eigenvalue weighted by Gasteiger charge is -2.11. The van der Waals surface area contributed by atoms with Crippen LogP contribution in [0.1, 0.15) is 5.56 Å². The zero-order chi connectivity index (χ0) is 15.9. The largest absolute Gasteiger partial charge is 0.496 e. The van der Waals surface area contributed by atoms with E-state index in [0.717, 1.165) is 11.3 Å². The highest BCUT2D eigenvalue weighted by Gasteiger charge is 2.07. The molecule has 1 amide bonds. The molecule has 0 aliphatic rings. The van der Waals surface area contributed by atoms with E-state index in [2.05, 4.69) is 21.2 Å². The van der Waals surface area contributed by atoms with Gasteiger partial charge in [-0.25, -0.2) is 0 Å². The predicted molar refractivity (Wildman–Crippen MR) is 89.5 cm³/mol. The first-order chi connectivity index (χ1) is 10.6. The number of ether oxygens (including phenoxy) is 2. The van der Waals surface area contributed by atoms with Crippen LogP contribution in [-0.2, 0) is 11.3 Å². The van der Waals surface area contributed by atoms with Gasteiger partial charge in [-0.05, 0) is 40.2 Å². The zero-order valence-electron chi connectivity index (χ0n) is 11.9. The standard InChI is InChI=1S/C16H15BrClNO3/c1-21-14-5-3-2-4-11(14)9-19-16(20)10-22-15-7-6-12(18)8-13(15)17/h2-8H,9-10H2,1H3,(H,19,20). The van der Waals surface area contributed by atoms with E-state index < -0.39 is 0 Å². The highest BCUT2D eigenvalue weighted by atomic mass is 79.9. The van der Waals surface area contributed by atoms with E-state index in [1.54, 1.807) is 25.3 Å². The molecule has 2 rings (SSSR count). The quantitative estimate of drug-likeness (QED) is 0.824. The van der Waals surface area contributed by atoms with Crippen molar-refractivity contribution < 1.29 is 14.3 Å². The van der Waals surface area contributed by atoms with E-state index in [1.807, 2.05) is 24.3 Å². The van der Waals surface area contributed by atoms with Crippen molar-refractivity contribution in [1.29, 1.82) is 0 Å². The van der Waals surface area contributed by atoms with Gasteiger partial charge in [0.25, 0.3) is 5.91 Å². The summed E-state index contributed by atoms with van der Waals surface area (Å²) in [5.74, 6) is 1.09. The SMILES string of the molecule is COc1ccccc1CNC(=O)COc1ccc(Cl)cc1Br. The minimum absolute atomic E-state index is 0.0740. The molecule has 0 saturated heterocycles. The number of carbonyl (C=O) groups excluding carboxylic acids is 1. The van der Waals surface area contributed by atoms with Gasteiger partial charge in [0, 0.05) is 17.1 Å². The first-order valence-electron chi connectivity index (χ1n) is 6.56. The summed E-state index contributed by atoms with van der Waals surface area (Å²) in [5, 5.41) is 3.39.